The molecule has 1 saturated carbocycles. The molecule has 1 atom stereocenters. The molecule has 11 nitrogen and oxygen atoms in total. The Kier molecular flexibility index (Phi) is 10.4. The first-order valence-electron chi connectivity index (χ1n) is 16.5. The standard InChI is InChI=1S/C36H47N7O4/c1-35(2,3)46-33(44)40-22-26(25-10-8-7-9-11-25)21-31-38-17-16-28(42-31)30-23-39-32-29(37-18-19-43(30)32)20-24-12-14-27(15-13-24)41-34(45)47-36(4,5)6/h7-11,16-19,23-24,26-27H,12-15,20-22H2,1-6H3,(H,40,44)(H,41,45). The lowest BCUT2D eigenvalue weighted by Gasteiger charge is -2.30. The van der Waals surface area contributed by atoms with Gasteiger partial charge in [-0.15, -0.1) is 0 Å². The zero-order valence-electron chi connectivity index (χ0n) is 28.3. The average molecular weight is 642 g/mol. The zero-order chi connectivity index (χ0) is 33.6. The second kappa shape index (κ2) is 14.5. The second-order valence-corrected chi connectivity index (χ2v) is 14.3. The van der Waals surface area contributed by atoms with E-state index in [4.69, 9.17) is 24.4 Å². The summed E-state index contributed by atoms with van der Waals surface area (Å²) in [6.07, 6.45) is 11.7. The third-order valence-corrected chi connectivity index (χ3v) is 8.11. The SMILES string of the molecule is CC(C)(C)OC(=O)NCC(Cc1nccc(-c2cnc3c(CC4CCC(NC(=O)OC(C)(C)C)CC4)nccn23)n1)c1ccccc1. The smallest absolute Gasteiger partial charge is 0.407 e. The number of nitrogens with zero attached hydrogens (tertiary/aromatic N) is 5. The van der Waals surface area contributed by atoms with Crippen molar-refractivity contribution >= 4 is 17.8 Å². The van der Waals surface area contributed by atoms with Crippen LogP contribution in [0.4, 0.5) is 9.59 Å². The summed E-state index contributed by atoms with van der Waals surface area (Å²) < 4.78 is 12.9. The van der Waals surface area contributed by atoms with Crippen LogP contribution < -0.4 is 10.6 Å². The van der Waals surface area contributed by atoms with Gasteiger partial charge in [-0.25, -0.2) is 24.5 Å². The Morgan fingerprint density at radius 2 is 1.60 bits per heavy atom. The lowest BCUT2D eigenvalue weighted by Crippen LogP contribution is -2.41. The fourth-order valence-electron chi connectivity index (χ4n) is 5.98. The fraction of sp³-hybridized carbons (Fsp3) is 0.500. The molecule has 2 N–H and O–H groups in total. The molecular weight excluding hydrogens is 594 g/mol. The van der Waals surface area contributed by atoms with Crippen molar-refractivity contribution in [1.29, 1.82) is 0 Å². The van der Waals surface area contributed by atoms with Crippen molar-refractivity contribution in [3.8, 4) is 11.4 Å². The number of hydrogen-bond acceptors (Lipinski definition) is 8. The van der Waals surface area contributed by atoms with E-state index in [-0.39, 0.29) is 18.1 Å². The van der Waals surface area contributed by atoms with E-state index in [9.17, 15) is 9.59 Å². The quantitative estimate of drug-likeness (QED) is 0.207. The van der Waals surface area contributed by atoms with E-state index in [0.717, 1.165) is 60.4 Å². The van der Waals surface area contributed by atoms with Crippen molar-refractivity contribution < 1.29 is 19.1 Å². The molecular formula is C36H47N7O4. The van der Waals surface area contributed by atoms with Gasteiger partial charge < -0.3 is 20.1 Å². The lowest BCUT2D eigenvalue weighted by molar-refractivity contribution is 0.0484. The van der Waals surface area contributed by atoms with Crippen LogP contribution in [0, 0.1) is 5.92 Å². The van der Waals surface area contributed by atoms with E-state index in [1.807, 2.05) is 101 Å². The number of amides is 2. The van der Waals surface area contributed by atoms with Crippen LogP contribution in [0.1, 0.15) is 90.2 Å². The van der Waals surface area contributed by atoms with Gasteiger partial charge in [-0.05, 0) is 91.2 Å². The Bertz CT molecular complexity index is 1650. The molecule has 4 aromatic rings. The molecule has 2 amide bonds. The number of imidazole rings is 1. The molecule has 3 aromatic heterocycles. The van der Waals surface area contributed by atoms with Crippen LogP contribution >= 0.6 is 0 Å². The van der Waals surface area contributed by atoms with Gasteiger partial charge in [0.25, 0.3) is 0 Å². The van der Waals surface area contributed by atoms with E-state index in [2.05, 4.69) is 15.6 Å². The number of aromatic nitrogens is 5. The van der Waals surface area contributed by atoms with Crippen molar-refractivity contribution in [2.45, 2.75) is 103 Å². The lowest BCUT2D eigenvalue weighted by atomic mass is 9.83. The summed E-state index contributed by atoms with van der Waals surface area (Å²) in [6.45, 7) is 11.5. The molecule has 0 radical (unpaired) electrons. The molecule has 47 heavy (non-hydrogen) atoms. The maximum Gasteiger partial charge on any atom is 0.407 e. The Hall–Kier alpha value is -4.54. The van der Waals surface area contributed by atoms with Crippen molar-refractivity contribution in [2.75, 3.05) is 6.54 Å². The number of rotatable bonds is 9. The molecule has 1 aliphatic rings. The van der Waals surface area contributed by atoms with Crippen LogP contribution in [0.3, 0.4) is 0 Å². The molecule has 5 rings (SSSR count). The summed E-state index contributed by atoms with van der Waals surface area (Å²) in [5.41, 5.74) is 3.40. The summed E-state index contributed by atoms with van der Waals surface area (Å²) in [6, 6.07) is 12.1. The predicted octanol–water partition coefficient (Wildman–Crippen LogP) is 6.66. The molecule has 0 aliphatic heterocycles. The molecule has 3 heterocycles. The number of alkyl carbamates (subject to hydrolysis) is 2. The molecule has 1 aromatic carbocycles. The molecule has 1 unspecified atom stereocenters. The van der Waals surface area contributed by atoms with Crippen LogP contribution in [0.15, 0.2) is 61.2 Å². The third kappa shape index (κ3) is 9.73. The highest BCUT2D eigenvalue weighted by Crippen LogP contribution is 2.29. The highest BCUT2D eigenvalue weighted by Gasteiger charge is 2.26. The molecule has 0 saturated heterocycles. The van der Waals surface area contributed by atoms with Crippen molar-refractivity contribution in [1.82, 2.24) is 35.0 Å². The van der Waals surface area contributed by atoms with Gasteiger partial charge in [0.2, 0.25) is 0 Å². The van der Waals surface area contributed by atoms with Gasteiger partial charge in [-0.2, -0.15) is 0 Å². The first kappa shape index (κ1) is 33.8. The molecule has 1 fully saturated rings. The number of carbonyl (C=O) groups excluding carboxylic acids is 2. The van der Waals surface area contributed by atoms with Crippen LogP contribution in [0.2, 0.25) is 0 Å². The number of nitrogens with one attached hydrogen (secondary N) is 2. The Morgan fingerprint density at radius 3 is 2.30 bits per heavy atom. The van der Waals surface area contributed by atoms with Crippen LogP contribution in [-0.2, 0) is 22.3 Å². The van der Waals surface area contributed by atoms with Crippen molar-refractivity contribution in [3.63, 3.8) is 0 Å². The van der Waals surface area contributed by atoms with Crippen molar-refractivity contribution in [2.24, 2.45) is 5.92 Å². The summed E-state index contributed by atoms with van der Waals surface area (Å²) in [5.74, 6) is 1.08. The summed E-state index contributed by atoms with van der Waals surface area (Å²) in [4.78, 5) is 43.6. The van der Waals surface area contributed by atoms with Crippen LogP contribution in [0.5, 0.6) is 0 Å². The predicted molar refractivity (Wildman–Crippen MR) is 180 cm³/mol. The zero-order valence-corrected chi connectivity index (χ0v) is 28.3. The van der Waals surface area contributed by atoms with Gasteiger partial charge in [-0.3, -0.25) is 9.38 Å². The first-order valence-corrected chi connectivity index (χ1v) is 16.5. The largest absolute Gasteiger partial charge is 0.444 e. The maximum absolute atomic E-state index is 12.4. The van der Waals surface area contributed by atoms with Gasteiger partial charge in [0.15, 0.2) is 5.65 Å². The van der Waals surface area contributed by atoms with E-state index in [0.29, 0.717) is 24.7 Å². The fourth-order valence-corrected chi connectivity index (χ4v) is 5.98. The topological polar surface area (TPSA) is 133 Å². The van der Waals surface area contributed by atoms with Crippen LogP contribution in [-0.4, -0.2) is 60.3 Å². The molecule has 1 aliphatic carbocycles. The molecule has 0 spiro atoms. The summed E-state index contributed by atoms with van der Waals surface area (Å²) in [5, 5.41) is 5.95. The Labute approximate surface area is 276 Å². The molecule has 250 valence electrons. The number of fused-ring (bicyclic) bond motifs is 1. The van der Waals surface area contributed by atoms with Gasteiger partial charge in [0.1, 0.15) is 17.0 Å². The monoisotopic (exact) mass is 641 g/mol. The number of hydrogen-bond donors (Lipinski definition) is 2. The highest BCUT2D eigenvalue weighted by atomic mass is 16.6. The van der Waals surface area contributed by atoms with E-state index in [1.165, 1.54) is 0 Å². The van der Waals surface area contributed by atoms with Crippen molar-refractivity contribution in [3.05, 3.63) is 78.3 Å². The van der Waals surface area contributed by atoms with E-state index >= 15 is 0 Å². The summed E-state index contributed by atoms with van der Waals surface area (Å²) in [7, 11) is 0. The highest BCUT2D eigenvalue weighted by molar-refractivity contribution is 5.68. The number of ether oxygens (including phenoxy) is 2. The number of carbonyl (C=O) groups is 2. The number of benzene rings is 1. The minimum absolute atomic E-state index is 0.0496. The maximum atomic E-state index is 12.4. The minimum Gasteiger partial charge on any atom is -0.444 e. The average Bonchev–Trinajstić information content (AvgIpc) is 3.44. The Balaban J connectivity index is 1.26. The second-order valence-electron chi connectivity index (χ2n) is 14.3. The van der Waals surface area contributed by atoms with Crippen LogP contribution in [0.25, 0.3) is 17.0 Å². The van der Waals surface area contributed by atoms with Gasteiger partial charge in [0.05, 0.1) is 23.3 Å². The van der Waals surface area contributed by atoms with Gasteiger partial charge in [0, 0.05) is 43.5 Å². The molecule has 0 bridgehead atoms. The summed E-state index contributed by atoms with van der Waals surface area (Å²) >= 11 is 0. The minimum atomic E-state index is -0.576. The van der Waals surface area contributed by atoms with E-state index < -0.39 is 17.3 Å². The van der Waals surface area contributed by atoms with Gasteiger partial charge >= 0.3 is 12.2 Å². The molecule has 11 heteroatoms. The van der Waals surface area contributed by atoms with Gasteiger partial charge in [-0.1, -0.05) is 30.3 Å². The third-order valence-electron chi connectivity index (χ3n) is 8.11. The normalized spacial score (nSPS) is 17.6. The van der Waals surface area contributed by atoms with E-state index in [1.54, 1.807) is 6.20 Å². The Morgan fingerprint density at radius 1 is 0.894 bits per heavy atom. The first-order chi connectivity index (χ1) is 22.3.